The Bertz CT molecular complexity index is 695. The summed E-state index contributed by atoms with van der Waals surface area (Å²) in [6.45, 7) is 4.79. The minimum atomic E-state index is 0.143. The van der Waals surface area contributed by atoms with Crippen LogP contribution in [0.2, 0.25) is 0 Å². The summed E-state index contributed by atoms with van der Waals surface area (Å²) >= 11 is 1.47. The summed E-state index contributed by atoms with van der Waals surface area (Å²) in [5, 5.41) is 4.10. The van der Waals surface area contributed by atoms with Gasteiger partial charge in [0.25, 0.3) is 0 Å². The summed E-state index contributed by atoms with van der Waals surface area (Å²) in [5.41, 5.74) is 1.23. The first-order valence-electron chi connectivity index (χ1n) is 10.2. The summed E-state index contributed by atoms with van der Waals surface area (Å²) in [6.07, 6.45) is 7.34. The van der Waals surface area contributed by atoms with E-state index in [0.717, 1.165) is 56.3 Å². The third kappa shape index (κ3) is 6.03. The Hall–Kier alpha value is -1.95. The summed E-state index contributed by atoms with van der Waals surface area (Å²) in [4.78, 5) is 19.3. The van der Waals surface area contributed by atoms with Crippen LogP contribution in [-0.2, 0) is 11.2 Å². The minimum Gasteiger partial charge on any atom is -0.356 e. The molecule has 0 atom stereocenters. The highest BCUT2D eigenvalue weighted by atomic mass is 32.1. The van der Waals surface area contributed by atoms with Crippen LogP contribution in [-0.4, -0.2) is 34.9 Å². The van der Waals surface area contributed by atoms with Crippen molar-refractivity contribution in [2.45, 2.75) is 51.9 Å². The average molecular weight is 387 g/mol. The first-order valence-corrected chi connectivity index (χ1v) is 10.9. The van der Waals surface area contributed by atoms with Crippen molar-refractivity contribution < 1.29 is 4.79 Å². The molecule has 2 heterocycles. The number of carbonyl (C=O) groups excluding carboxylic acids is 1. The fourth-order valence-corrected chi connectivity index (χ4v) is 4.20. The molecule has 3 rings (SSSR count). The molecule has 1 aromatic heterocycles. The van der Waals surface area contributed by atoms with Crippen LogP contribution in [0.4, 0.5) is 5.13 Å². The Balaban J connectivity index is 1.42. The van der Waals surface area contributed by atoms with Gasteiger partial charge in [0.1, 0.15) is 5.82 Å². The van der Waals surface area contributed by atoms with Gasteiger partial charge >= 0.3 is 0 Å². The number of anilines is 1. The van der Waals surface area contributed by atoms with E-state index in [4.69, 9.17) is 4.98 Å². The second kappa shape index (κ2) is 10.4. The standard InChI is InChI=1S/C21H30N4OS/c1-2-3-4-8-13-22-20(26)18-11-14-25(15-12-18)21-23-19(24-27-21)16-17-9-6-5-7-10-17/h5-7,9-10,18H,2-4,8,11-16H2,1H3,(H,22,26). The van der Waals surface area contributed by atoms with Crippen molar-refractivity contribution in [2.75, 3.05) is 24.5 Å². The summed E-state index contributed by atoms with van der Waals surface area (Å²) < 4.78 is 4.52. The molecule has 5 nitrogen and oxygen atoms in total. The van der Waals surface area contributed by atoms with Crippen molar-refractivity contribution in [3.63, 3.8) is 0 Å². The van der Waals surface area contributed by atoms with E-state index in [-0.39, 0.29) is 11.8 Å². The summed E-state index contributed by atoms with van der Waals surface area (Å²) in [5.74, 6) is 1.26. The van der Waals surface area contributed by atoms with E-state index in [1.165, 1.54) is 36.4 Å². The highest BCUT2D eigenvalue weighted by molar-refractivity contribution is 7.09. The van der Waals surface area contributed by atoms with Gasteiger partial charge in [-0.1, -0.05) is 56.5 Å². The molecule has 6 heteroatoms. The number of benzene rings is 1. The van der Waals surface area contributed by atoms with Gasteiger partial charge in [0.05, 0.1) is 0 Å². The van der Waals surface area contributed by atoms with Crippen molar-refractivity contribution in [1.29, 1.82) is 0 Å². The van der Waals surface area contributed by atoms with Crippen molar-refractivity contribution >= 4 is 22.6 Å². The van der Waals surface area contributed by atoms with E-state index >= 15 is 0 Å². The third-order valence-electron chi connectivity index (χ3n) is 5.13. The number of nitrogens with zero attached hydrogens (tertiary/aromatic N) is 3. The zero-order valence-electron chi connectivity index (χ0n) is 16.2. The molecule has 27 heavy (non-hydrogen) atoms. The maximum absolute atomic E-state index is 12.3. The first-order chi connectivity index (χ1) is 13.3. The second-order valence-corrected chi connectivity index (χ2v) is 8.00. The van der Waals surface area contributed by atoms with Gasteiger partial charge in [-0.05, 0) is 24.8 Å². The van der Waals surface area contributed by atoms with Gasteiger partial charge in [-0.15, -0.1) is 0 Å². The Morgan fingerprint density at radius 3 is 2.70 bits per heavy atom. The van der Waals surface area contributed by atoms with Gasteiger partial charge in [-0.25, -0.2) is 4.98 Å². The molecule has 1 N–H and O–H groups in total. The number of piperidine rings is 1. The van der Waals surface area contributed by atoms with Crippen molar-refractivity contribution in [1.82, 2.24) is 14.7 Å². The lowest BCUT2D eigenvalue weighted by Crippen LogP contribution is -2.40. The highest BCUT2D eigenvalue weighted by Gasteiger charge is 2.26. The van der Waals surface area contributed by atoms with E-state index in [9.17, 15) is 4.79 Å². The smallest absolute Gasteiger partial charge is 0.223 e. The number of hydrogen-bond donors (Lipinski definition) is 1. The largest absolute Gasteiger partial charge is 0.356 e. The quantitative estimate of drug-likeness (QED) is 0.661. The van der Waals surface area contributed by atoms with Gasteiger partial charge in [0, 0.05) is 43.5 Å². The Kier molecular flexibility index (Phi) is 7.63. The normalized spacial score (nSPS) is 15.1. The molecule has 0 spiro atoms. The molecule has 1 saturated heterocycles. The highest BCUT2D eigenvalue weighted by Crippen LogP contribution is 2.25. The zero-order valence-corrected chi connectivity index (χ0v) is 17.0. The Morgan fingerprint density at radius 2 is 1.96 bits per heavy atom. The number of carbonyl (C=O) groups is 1. The molecular formula is C21H30N4OS. The topological polar surface area (TPSA) is 58.1 Å². The predicted molar refractivity (Wildman–Crippen MR) is 111 cm³/mol. The fraction of sp³-hybridized carbons (Fsp3) is 0.571. The molecule has 0 unspecified atom stereocenters. The number of nitrogens with one attached hydrogen (secondary N) is 1. The molecule has 1 amide bonds. The average Bonchev–Trinajstić information content (AvgIpc) is 3.17. The Morgan fingerprint density at radius 1 is 1.19 bits per heavy atom. The predicted octanol–water partition coefficient (Wildman–Crippen LogP) is 4.04. The van der Waals surface area contributed by atoms with Gasteiger partial charge in [-0.3, -0.25) is 4.79 Å². The van der Waals surface area contributed by atoms with Gasteiger partial charge in [0.15, 0.2) is 0 Å². The third-order valence-corrected chi connectivity index (χ3v) is 5.94. The first kappa shape index (κ1) is 19.8. The molecule has 2 aromatic rings. The molecule has 1 aliphatic rings. The van der Waals surface area contributed by atoms with E-state index in [0.29, 0.717) is 0 Å². The maximum atomic E-state index is 12.3. The van der Waals surface area contributed by atoms with Crippen LogP contribution in [0, 0.1) is 5.92 Å². The molecule has 1 fully saturated rings. The SMILES string of the molecule is CCCCCCNC(=O)C1CCN(c2nc(Cc3ccccc3)ns2)CC1. The van der Waals surface area contributed by atoms with Crippen LogP contribution in [0.15, 0.2) is 30.3 Å². The summed E-state index contributed by atoms with van der Waals surface area (Å²) in [6, 6.07) is 10.3. The zero-order chi connectivity index (χ0) is 18.9. The maximum Gasteiger partial charge on any atom is 0.223 e. The molecule has 1 aromatic carbocycles. The molecule has 1 aliphatic heterocycles. The van der Waals surface area contributed by atoms with Crippen LogP contribution in [0.5, 0.6) is 0 Å². The van der Waals surface area contributed by atoms with Crippen molar-refractivity contribution in [2.24, 2.45) is 5.92 Å². The number of unbranched alkanes of at least 4 members (excludes halogenated alkanes) is 3. The second-order valence-electron chi connectivity index (χ2n) is 7.27. The number of aromatic nitrogens is 2. The lowest BCUT2D eigenvalue weighted by atomic mass is 9.96. The number of amides is 1. The fourth-order valence-electron chi connectivity index (χ4n) is 3.46. The van der Waals surface area contributed by atoms with E-state index < -0.39 is 0 Å². The van der Waals surface area contributed by atoms with Crippen molar-refractivity contribution in [3.8, 4) is 0 Å². The Labute approximate surface area is 166 Å². The molecule has 0 radical (unpaired) electrons. The van der Waals surface area contributed by atoms with E-state index in [1.54, 1.807) is 0 Å². The number of hydrogen-bond acceptors (Lipinski definition) is 5. The van der Waals surface area contributed by atoms with Gasteiger partial charge < -0.3 is 10.2 Å². The van der Waals surface area contributed by atoms with E-state index in [1.807, 2.05) is 18.2 Å². The monoisotopic (exact) mass is 386 g/mol. The van der Waals surface area contributed by atoms with Gasteiger partial charge in [0.2, 0.25) is 11.0 Å². The van der Waals surface area contributed by atoms with Crippen LogP contribution < -0.4 is 10.2 Å². The minimum absolute atomic E-state index is 0.143. The lowest BCUT2D eigenvalue weighted by Gasteiger charge is -2.30. The van der Waals surface area contributed by atoms with Crippen LogP contribution in [0.25, 0.3) is 0 Å². The number of rotatable bonds is 9. The lowest BCUT2D eigenvalue weighted by molar-refractivity contribution is -0.125. The van der Waals surface area contributed by atoms with E-state index in [2.05, 4.69) is 33.6 Å². The van der Waals surface area contributed by atoms with Crippen molar-refractivity contribution in [3.05, 3.63) is 41.7 Å². The molecule has 0 aliphatic carbocycles. The van der Waals surface area contributed by atoms with Crippen LogP contribution in [0.1, 0.15) is 56.8 Å². The van der Waals surface area contributed by atoms with Gasteiger partial charge in [-0.2, -0.15) is 4.37 Å². The molecule has 0 saturated carbocycles. The summed E-state index contributed by atoms with van der Waals surface area (Å²) in [7, 11) is 0. The molecule has 146 valence electrons. The van der Waals surface area contributed by atoms with Crippen LogP contribution >= 0.6 is 11.5 Å². The molecule has 0 bridgehead atoms. The van der Waals surface area contributed by atoms with Crippen LogP contribution in [0.3, 0.4) is 0 Å². The molecular weight excluding hydrogens is 356 g/mol.